The molecule has 0 amide bonds. The molecule has 0 saturated carbocycles. The van der Waals surface area contributed by atoms with Gasteiger partial charge >= 0.3 is 5.97 Å². The third-order valence-electron chi connectivity index (χ3n) is 5.25. The number of esters is 1. The summed E-state index contributed by atoms with van der Waals surface area (Å²) in [4.78, 5) is 12.0. The Kier molecular flexibility index (Phi) is 3.45. The van der Waals surface area contributed by atoms with Crippen LogP contribution in [-0.4, -0.2) is 13.1 Å². The summed E-state index contributed by atoms with van der Waals surface area (Å²) < 4.78 is 11.5. The molecule has 3 nitrogen and oxygen atoms in total. The van der Waals surface area contributed by atoms with E-state index in [0.717, 1.165) is 34.9 Å². The molecule has 4 rings (SSSR count). The molecule has 2 aliphatic rings. The van der Waals surface area contributed by atoms with Crippen molar-refractivity contribution in [3.63, 3.8) is 0 Å². The number of benzene rings is 2. The van der Waals surface area contributed by atoms with E-state index < -0.39 is 5.97 Å². The fourth-order valence-electron chi connectivity index (χ4n) is 4.32. The van der Waals surface area contributed by atoms with Crippen LogP contribution < -0.4 is 9.47 Å². The minimum Gasteiger partial charge on any atom is -0.496 e. The highest BCUT2D eigenvalue weighted by Gasteiger charge is 2.43. The standard InChI is InChI=1S/C21H20O3/c1-4-12-10-13-11-16(12)19-18(13)20(23-3)14-8-6-7-9-15(14)21(19)24-17(22)5-2/h5-10,13,16H,2,4,11H2,1,3H3. The zero-order chi connectivity index (χ0) is 16.8. The number of rotatable bonds is 4. The lowest BCUT2D eigenvalue weighted by Crippen LogP contribution is -2.10. The molecular formula is C21H20O3. The first-order valence-electron chi connectivity index (χ1n) is 8.36. The van der Waals surface area contributed by atoms with Crippen molar-refractivity contribution in [2.45, 2.75) is 31.6 Å². The molecule has 2 bridgehead atoms. The van der Waals surface area contributed by atoms with Crippen molar-refractivity contribution in [2.24, 2.45) is 0 Å². The largest absolute Gasteiger partial charge is 0.496 e. The molecule has 122 valence electrons. The molecule has 2 aromatic carbocycles. The number of allylic oxidation sites excluding steroid dienone is 2. The maximum atomic E-state index is 12.0. The average molecular weight is 320 g/mol. The molecule has 24 heavy (non-hydrogen) atoms. The van der Waals surface area contributed by atoms with Gasteiger partial charge in [-0.15, -0.1) is 0 Å². The lowest BCUT2D eigenvalue weighted by Gasteiger charge is -2.24. The van der Waals surface area contributed by atoms with Crippen LogP contribution in [0, 0.1) is 0 Å². The number of hydrogen-bond acceptors (Lipinski definition) is 3. The van der Waals surface area contributed by atoms with Gasteiger partial charge in [0.1, 0.15) is 11.5 Å². The molecule has 0 aromatic heterocycles. The van der Waals surface area contributed by atoms with E-state index in [-0.39, 0.29) is 0 Å². The Hall–Kier alpha value is -2.55. The molecule has 2 unspecified atom stereocenters. The fourth-order valence-corrected chi connectivity index (χ4v) is 4.32. The molecule has 0 N–H and O–H groups in total. The van der Waals surface area contributed by atoms with Gasteiger partial charge in [-0.05, 0) is 12.8 Å². The predicted molar refractivity (Wildman–Crippen MR) is 94.8 cm³/mol. The second-order valence-electron chi connectivity index (χ2n) is 6.35. The van der Waals surface area contributed by atoms with Crippen LogP contribution in [0.2, 0.25) is 0 Å². The highest BCUT2D eigenvalue weighted by molar-refractivity contribution is 5.99. The van der Waals surface area contributed by atoms with Gasteiger partial charge < -0.3 is 9.47 Å². The summed E-state index contributed by atoms with van der Waals surface area (Å²) in [5.74, 6) is 1.84. The van der Waals surface area contributed by atoms with Gasteiger partial charge in [0.25, 0.3) is 0 Å². The third kappa shape index (κ3) is 1.94. The molecule has 0 radical (unpaired) electrons. The van der Waals surface area contributed by atoms with E-state index in [9.17, 15) is 4.79 Å². The lowest BCUT2D eigenvalue weighted by atomic mass is 9.86. The van der Waals surface area contributed by atoms with Crippen LogP contribution >= 0.6 is 0 Å². The molecule has 3 heteroatoms. The zero-order valence-electron chi connectivity index (χ0n) is 14.0. The first-order chi connectivity index (χ1) is 11.7. The van der Waals surface area contributed by atoms with Crippen LogP contribution in [0.3, 0.4) is 0 Å². The molecule has 0 fully saturated rings. The Balaban J connectivity index is 2.06. The highest BCUT2D eigenvalue weighted by atomic mass is 16.5. The Morgan fingerprint density at radius 3 is 2.58 bits per heavy atom. The smallest absolute Gasteiger partial charge is 0.335 e. The van der Waals surface area contributed by atoms with E-state index >= 15 is 0 Å². The van der Waals surface area contributed by atoms with Gasteiger partial charge in [-0.2, -0.15) is 0 Å². The fraction of sp³-hybridized carbons (Fsp3) is 0.286. The van der Waals surface area contributed by atoms with Crippen LogP contribution in [0.25, 0.3) is 10.8 Å². The van der Waals surface area contributed by atoms with Crippen LogP contribution in [0.4, 0.5) is 0 Å². The first-order valence-corrected chi connectivity index (χ1v) is 8.36. The summed E-state index contributed by atoms with van der Waals surface area (Å²) in [6, 6.07) is 7.96. The molecule has 2 aliphatic carbocycles. The Morgan fingerprint density at radius 2 is 1.96 bits per heavy atom. The van der Waals surface area contributed by atoms with E-state index in [2.05, 4.69) is 19.6 Å². The maximum absolute atomic E-state index is 12.0. The normalized spacial score (nSPS) is 20.7. The number of ether oxygens (including phenoxy) is 2. The lowest BCUT2D eigenvalue weighted by molar-refractivity contribution is -0.128. The van der Waals surface area contributed by atoms with Crippen molar-refractivity contribution in [3.05, 3.63) is 59.7 Å². The SMILES string of the molecule is C=CC(=O)Oc1c2c(c(OC)c3ccccc13)C1C=C(CC)C2C1. The minimum absolute atomic E-state index is 0.320. The Morgan fingerprint density at radius 1 is 1.25 bits per heavy atom. The Bertz CT molecular complexity index is 892. The van der Waals surface area contributed by atoms with Crippen molar-refractivity contribution < 1.29 is 14.3 Å². The van der Waals surface area contributed by atoms with Gasteiger partial charge in [0.05, 0.1) is 7.11 Å². The van der Waals surface area contributed by atoms with E-state index in [1.165, 1.54) is 17.2 Å². The van der Waals surface area contributed by atoms with Gasteiger partial charge in [0.2, 0.25) is 0 Å². The molecule has 2 aromatic rings. The van der Waals surface area contributed by atoms with E-state index in [1.54, 1.807) is 7.11 Å². The number of methoxy groups -OCH3 is 1. The average Bonchev–Trinajstić information content (AvgIpc) is 3.20. The second kappa shape index (κ2) is 5.52. The summed E-state index contributed by atoms with van der Waals surface area (Å²) in [5.41, 5.74) is 3.75. The van der Waals surface area contributed by atoms with E-state index in [1.807, 2.05) is 24.3 Å². The topological polar surface area (TPSA) is 35.5 Å². The van der Waals surface area contributed by atoms with Crippen molar-refractivity contribution >= 4 is 16.7 Å². The van der Waals surface area contributed by atoms with Crippen molar-refractivity contribution in [3.8, 4) is 11.5 Å². The van der Waals surface area contributed by atoms with Crippen LogP contribution in [-0.2, 0) is 4.79 Å². The zero-order valence-corrected chi connectivity index (χ0v) is 14.0. The van der Waals surface area contributed by atoms with Gasteiger partial charge in [0.15, 0.2) is 0 Å². The summed E-state index contributed by atoms with van der Waals surface area (Å²) in [6.45, 7) is 5.71. The minimum atomic E-state index is -0.419. The van der Waals surface area contributed by atoms with Crippen molar-refractivity contribution in [2.75, 3.05) is 7.11 Å². The predicted octanol–water partition coefficient (Wildman–Crippen LogP) is 4.86. The monoisotopic (exact) mass is 320 g/mol. The van der Waals surface area contributed by atoms with Gasteiger partial charge in [-0.1, -0.05) is 49.4 Å². The Labute approximate surface area is 141 Å². The van der Waals surface area contributed by atoms with Crippen LogP contribution in [0.15, 0.2) is 48.6 Å². The van der Waals surface area contributed by atoms with Gasteiger partial charge in [0, 0.05) is 39.8 Å². The molecular weight excluding hydrogens is 300 g/mol. The van der Waals surface area contributed by atoms with Crippen LogP contribution in [0.5, 0.6) is 11.5 Å². The number of carbonyl (C=O) groups excluding carboxylic acids is 1. The molecule has 0 spiro atoms. The quantitative estimate of drug-likeness (QED) is 0.349. The highest BCUT2D eigenvalue weighted by Crippen LogP contribution is 2.60. The summed E-state index contributed by atoms with van der Waals surface area (Å²) in [6.07, 6.45) is 5.65. The van der Waals surface area contributed by atoms with Crippen LogP contribution in [0.1, 0.15) is 42.7 Å². The van der Waals surface area contributed by atoms with Gasteiger partial charge in [-0.25, -0.2) is 4.79 Å². The molecule has 2 atom stereocenters. The maximum Gasteiger partial charge on any atom is 0.335 e. The molecule has 0 aliphatic heterocycles. The van der Waals surface area contributed by atoms with Crippen molar-refractivity contribution in [1.82, 2.24) is 0 Å². The molecule has 0 heterocycles. The van der Waals surface area contributed by atoms with Crippen molar-refractivity contribution in [1.29, 1.82) is 0 Å². The summed E-state index contributed by atoms with van der Waals surface area (Å²) in [5, 5.41) is 1.91. The number of fused-ring (bicyclic) bond motifs is 6. The molecule has 0 saturated heterocycles. The number of hydrogen-bond donors (Lipinski definition) is 0. The van der Waals surface area contributed by atoms with E-state index in [0.29, 0.717) is 17.6 Å². The third-order valence-corrected chi connectivity index (χ3v) is 5.25. The first kappa shape index (κ1) is 15.0. The number of carbonyl (C=O) groups is 1. The van der Waals surface area contributed by atoms with Gasteiger partial charge in [-0.3, -0.25) is 0 Å². The van der Waals surface area contributed by atoms with E-state index in [4.69, 9.17) is 9.47 Å². The summed E-state index contributed by atoms with van der Waals surface area (Å²) >= 11 is 0. The summed E-state index contributed by atoms with van der Waals surface area (Å²) in [7, 11) is 1.72. The second-order valence-corrected chi connectivity index (χ2v) is 6.35.